The van der Waals surface area contributed by atoms with Crippen LogP contribution in [0.15, 0.2) is 16.9 Å². The van der Waals surface area contributed by atoms with Crippen LogP contribution in [0.5, 0.6) is 0 Å². The van der Waals surface area contributed by atoms with E-state index in [0.717, 1.165) is 10.2 Å². The molecule has 0 saturated heterocycles. The Morgan fingerprint density at radius 1 is 1.82 bits per heavy atom. The van der Waals surface area contributed by atoms with Crippen LogP contribution >= 0.6 is 15.9 Å². The van der Waals surface area contributed by atoms with Crippen molar-refractivity contribution in [2.24, 2.45) is 0 Å². The quantitative estimate of drug-likeness (QED) is 0.711. The Morgan fingerprint density at radius 2 is 2.55 bits per heavy atom. The maximum absolute atomic E-state index is 9.43. The summed E-state index contributed by atoms with van der Waals surface area (Å²) in [6.45, 7) is 0.574. The lowest BCUT2D eigenvalue weighted by Gasteiger charge is -2.05. The molecule has 0 aliphatic rings. The topological polar surface area (TPSA) is 48.0 Å². The molecule has 0 spiro atoms. The van der Waals surface area contributed by atoms with Gasteiger partial charge in [0.2, 0.25) is 0 Å². The van der Waals surface area contributed by atoms with Gasteiger partial charge in [-0.3, -0.25) is 0 Å². The number of hydrogen-bond donors (Lipinski definition) is 3. The molecule has 4 heteroatoms. The highest BCUT2D eigenvalue weighted by Crippen LogP contribution is 2.16. The zero-order chi connectivity index (χ0) is 8.27. The number of nitrogens with one attached hydrogen (secondary N) is 2. The van der Waals surface area contributed by atoms with Crippen molar-refractivity contribution in [3.63, 3.8) is 0 Å². The van der Waals surface area contributed by atoms with Gasteiger partial charge in [0.25, 0.3) is 0 Å². The molecule has 1 heterocycles. The van der Waals surface area contributed by atoms with Gasteiger partial charge in [-0.05, 0) is 29.0 Å². The molecule has 3 N–H and O–H groups in total. The van der Waals surface area contributed by atoms with Gasteiger partial charge in [0.15, 0.2) is 0 Å². The van der Waals surface area contributed by atoms with Gasteiger partial charge in [-0.2, -0.15) is 0 Å². The third kappa shape index (κ3) is 2.32. The molecule has 3 nitrogen and oxygen atoms in total. The van der Waals surface area contributed by atoms with Crippen LogP contribution in [0.2, 0.25) is 0 Å². The third-order valence-corrected chi connectivity index (χ3v) is 1.91. The lowest BCUT2D eigenvalue weighted by molar-refractivity contribution is 0.178. The number of aromatic amines is 1. The number of aromatic nitrogens is 1. The van der Waals surface area contributed by atoms with Crippen molar-refractivity contribution in [2.75, 3.05) is 13.6 Å². The lowest BCUT2D eigenvalue weighted by atomic mass is 10.2. The zero-order valence-corrected chi connectivity index (χ0v) is 7.85. The second kappa shape index (κ2) is 3.90. The van der Waals surface area contributed by atoms with Crippen molar-refractivity contribution in [2.45, 2.75) is 6.10 Å². The smallest absolute Gasteiger partial charge is 0.0929 e. The van der Waals surface area contributed by atoms with Crippen LogP contribution in [0.25, 0.3) is 0 Å². The number of aliphatic hydroxyl groups is 1. The van der Waals surface area contributed by atoms with Gasteiger partial charge >= 0.3 is 0 Å². The SMILES string of the molecule is CNCC(O)c1c[nH]c(Br)c1. The van der Waals surface area contributed by atoms with Crippen molar-refractivity contribution >= 4 is 15.9 Å². The van der Waals surface area contributed by atoms with Crippen LogP contribution in [-0.4, -0.2) is 23.7 Å². The summed E-state index contributed by atoms with van der Waals surface area (Å²) in [5, 5.41) is 12.3. The molecule has 1 aromatic heterocycles. The van der Waals surface area contributed by atoms with Gasteiger partial charge in [0.05, 0.1) is 10.7 Å². The highest BCUT2D eigenvalue weighted by Gasteiger charge is 2.06. The average molecular weight is 219 g/mol. The van der Waals surface area contributed by atoms with E-state index in [1.807, 2.05) is 13.1 Å². The van der Waals surface area contributed by atoms with Crippen LogP contribution in [0, 0.1) is 0 Å². The average Bonchev–Trinajstić information content (AvgIpc) is 2.36. The number of aliphatic hydroxyl groups excluding tert-OH is 1. The van der Waals surface area contributed by atoms with Crippen LogP contribution < -0.4 is 5.32 Å². The van der Waals surface area contributed by atoms with E-state index < -0.39 is 6.10 Å². The number of H-pyrrole nitrogens is 1. The van der Waals surface area contributed by atoms with E-state index in [4.69, 9.17) is 0 Å². The van der Waals surface area contributed by atoms with Gasteiger partial charge in [-0.1, -0.05) is 0 Å². The molecule has 1 rings (SSSR count). The van der Waals surface area contributed by atoms with Crippen LogP contribution in [0.1, 0.15) is 11.7 Å². The molecule has 1 atom stereocenters. The van der Waals surface area contributed by atoms with Gasteiger partial charge in [-0.25, -0.2) is 0 Å². The van der Waals surface area contributed by atoms with Crippen molar-refractivity contribution in [1.29, 1.82) is 0 Å². The molecule has 0 saturated carbocycles. The summed E-state index contributed by atoms with van der Waals surface area (Å²) in [5.74, 6) is 0. The lowest BCUT2D eigenvalue weighted by Crippen LogP contribution is -2.16. The number of halogens is 1. The molecule has 0 amide bonds. The van der Waals surface area contributed by atoms with Crippen LogP contribution in [-0.2, 0) is 0 Å². The Labute approximate surface area is 73.9 Å². The minimum atomic E-state index is -0.428. The largest absolute Gasteiger partial charge is 0.387 e. The highest BCUT2D eigenvalue weighted by molar-refractivity contribution is 9.10. The molecule has 0 aliphatic heterocycles. The van der Waals surface area contributed by atoms with E-state index in [1.165, 1.54) is 0 Å². The molecule has 11 heavy (non-hydrogen) atoms. The van der Waals surface area contributed by atoms with Crippen LogP contribution in [0.3, 0.4) is 0 Å². The fourth-order valence-corrected chi connectivity index (χ4v) is 1.26. The van der Waals surface area contributed by atoms with Crippen molar-refractivity contribution in [3.05, 3.63) is 22.4 Å². The summed E-state index contributed by atoms with van der Waals surface area (Å²) in [7, 11) is 1.81. The molecular weight excluding hydrogens is 208 g/mol. The Bertz CT molecular complexity index is 224. The van der Waals surface area contributed by atoms with Crippen molar-refractivity contribution in [1.82, 2.24) is 10.3 Å². The Balaban J connectivity index is 2.60. The fraction of sp³-hybridized carbons (Fsp3) is 0.429. The predicted molar refractivity (Wildman–Crippen MR) is 47.4 cm³/mol. The molecule has 0 radical (unpaired) electrons. The van der Waals surface area contributed by atoms with Gasteiger partial charge in [0, 0.05) is 18.3 Å². The van der Waals surface area contributed by atoms with E-state index in [-0.39, 0.29) is 0 Å². The molecule has 62 valence electrons. The third-order valence-electron chi connectivity index (χ3n) is 1.45. The van der Waals surface area contributed by atoms with Crippen molar-refractivity contribution < 1.29 is 5.11 Å². The summed E-state index contributed by atoms with van der Waals surface area (Å²) >= 11 is 3.26. The number of hydrogen-bond acceptors (Lipinski definition) is 2. The molecule has 1 aromatic rings. The molecule has 0 aliphatic carbocycles. The summed E-state index contributed by atoms with van der Waals surface area (Å²) in [6.07, 6.45) is 1.36. The van der Waals surface area contributed by atoms with Gasteiger partial charge in [-0.15, -0.1) is 0 Å². The minimum absolute atomic E-state index is 0.428. The van der Waals surface area contributed by atoms with E-state index >= 15 is 0 Å². The molecule has 0 aromatic carbocycles. The molecule has 1 unspecified atom stereocenters. The summed E-state index contributed by atoms with van der Waals surface area (Å²) < 4.78 is 0.891. The van der Waals surface area contributed by atoms with E-state index in [1.54, 1.807) is 6.20 Å². The number of likely N-dealkylation sites (N-methyl/N-ethyl adjacent to an activating group) is 1. The first-order valence-electron chi connectivity index (χ1n) is 3.40. The molecule has 0 fully saturated rings. The first-order valence-corrected chi connectivity index (χ1v) is 4.20. The standard InChI is InChI=1S/C7H11BrN2O/c1-9-4-6(11)5-2-7(8)10-3-5/h2-3,6,9-11H,4H2,1H3. The Hall–Kier alpha value is -0.320. The second-order valence-corrected chi connectivity index (χ2v) is 3.21. The minimum Gasteiger partial charge on any atom is -0.387 e. The predicted octanol–water partition coefficient (Wildman–Crippen LogP) is 1.03. The maximum atomic E-state index is 9.43. The van der Waals surface area contributed by atoms with E-state index in [9.17, 15) is 5.11 Å². The monoisotopic (exact) mass is 218 g/mol. The summed E-state index contributed by atoms with van der Waals surface area (Å²) in [6, 6.07) is 1.86. The van der Waals surface area contributed by atoms with Gasteiger partial charge < -0.3 is 15.4 Å². The Morgan fingerprint density at radius 3 is 3.00 bits per heavy atom. The number of rotatable bonds is 3. The molecular formula is C7H11BrN2O. The van der Waals surface area contributed by atoms with Crippen molar-refractivity contribution in [3.8, 4) is 0 Å². The van der Waals surface area contributed by atoms with Gasteiger partial charge in [0.1, 0.15) is 0 Å². The normalized spacial score (nSPS) is 13.4. The Kier molecular flexibility index (Phi) is 3.11. The molecule has 0 bridgehead atoms. The first-order chi connectivity index (χ1) is 5.24. The van der Waals surface area contributed by atoms with E-state index in [2.05, 4.69) is 26.2 Å². The fourth-order valence-electron chi connectivity index (χ4n) is 0.886. The first kappa shape index (κ1) is 8.77. The summed E-state index contributed by atoms with van der Waals surface area (Å²) in [5.41, 5.74) is 0.895. The highest BCUT2D eigenvalue weighted by atomic mass is 79.9. The summed E-state index contributed by atoms with van der Waals surface area (Å²) in [4.78, 5) is 2.94. The maximum Gasteiger partial charge on any atom is 0.0929 e. The second-order valence-electron chi connectivity index (χ2n) is 2.35. The zero-order valence-electron chi connectivity index (χ0n) is 6.26. The van der Waals surface area contributed by atoms with Crippen LogP contribution in [0.4, 0.5) is 0 Å². The van der Waals surface area contributed by atoms with E-state index in [0.29, 0.717) is 6.54 Å².